The average molecular weight is 315 g/mol. The van der Waals surface area contributed by atoms with Crippen molar-refractivity contribution < 1.29 is 0 Å². The van der Waals surface area contributed by atoms with Gasteiger partial charge in [0.2, 0.25) is 0 Å². The molecule has 0 bridgehead atoms. The molecule has 0 aliphatic heterocycles. The van der Waals surface area contributed by atoms with Gasteiger partial charge in [-0.25, -0.2) is 9.97 Å². The third kappa shape index (κ3) is 1.62. The lowest BCUT2D eigenvalue weighted by atomic mass is 10.1. The smallest absolute Gasteiger partial charge is 0.140 e. The van der Waals surface area contributed by atoms with Crippen LogP contribution in [0.4, 0.5) is 5.82 Å². The molecule has 1 aromatic rings. The van der Waals surface area contributed by atoms with Crippen molar-refractivity contribution in [1.82, 2.24) is 9.97 Å². The summed E-state index contributed by atoms with van der Waals surface area (Å²) in [5.74, 6) is 2.31. The Balaban J connectivity index is 2.09. The maximum Gasteiger partial charge on any atom is 0.140 e. The van der Waals surface area contributed by atoms with Crippen LogP contribution in [-0.4, -0.2) is 9.97 Å². The maximum absolute atomic E-state index is 5.95. The molecule has 2 fully saturated rings. The molecule has 0 spiro atoms. The first-order chi connectivity index (χ1) is 7.10. The second-order valence-corrected chi connectivity index (χ2v) is 6.05. The summed E-state index contributed by atoms with van der Waals surface area (Å²) < 4.78 is 1.07. The second kappa shape index (κ2) is 3.06. The van der Waals surface area contributed by atoms with E-state index in [4.69, 9.17) is 10.7 Å². The Morgan fingerprint density at radius 3 is 2.53 bits per heavy atom. The van der Waals surface area contributed by atoms with Gasteiger partial charge in [0.1, 0.15) is 11.6 Å². The lowest BCUT2D eigenvalue weighted by Crippen LogP contribution is -2.12. The molecule has 4 heteroatoms. The normalized spacial score (nSPS) is 22.8. The summed E-state index contributed by atoms with van der Waals surface area (Å²) in [6.45, 7) is 2.23. The summed E-state index contributed by atoms with van der Waals surface area (Å²) in [5, 5.41) is 0. The third-order valence-electron chi connectivity index (χ3n) is 3.41. The molecule has 0 unspecified atom stereocenters. The lowest BCUT2D eigenvalue weighted by Gasteiger charge is -2.11. The highest BCUT2D eigenvalue weighted by atomic mass is 127. The zero-order valence-electron chi connectivity index (χ0n) is 8.76. The molecule has 0 amide bonds. The van der Waals surface area contributed by atoms with Crippen molar-refractivity contribution in [2.24, 2.45) is 0 Å². The van der Waals surface area contributed by atoms with Gasteiger partial charge >= 0.3 is 0 Å². The number of nitrogens with zero attached hydrogens (tertiary/aromatic N) is 2. The summed E-state index contributed by atoms with van der Waals surface area (Å²) >= 11 is 2.28. The average Bonchev–Trinajstić information content (AvgIpc) is 3.04. The van der Waals surface area contributed by atoms with E-state index in [-0.39, 0.29) is 5.41 Å². The maximum atomic E-state index is 5.95. The van der Waals surface area contributed by atoms with Crippen LogP contribution < -0.4 is 5.73 Å². The van der Waals surface area contributed by atoms with Crippen molar-refractivity contribution in [2.45, 2.75) is 43.9 Å². The molecule has 80 valence electrons. The fraction of sp³-hybridized carbons (Fsp3) is 0.636. The number of anilines is 1. The van der Waals surface area contributed by atoms with E-state index in [1.165, 1.54) is 31.4 Å². The number of halogens is 1. The van der Waals surface area contributed by atoms with Gasteiger partial charge in [-0.05, 0) is 48.3 Å². The zero-order chi connectivity index (χ0) is 10.6. The minimum Gasteiger partial charge on any atom is -0.383 e. The number of aromatic nitrogens is 2. The summed E-state index contributed by atoms with van der Waals surface area (Å²) in [5.41, 5.74) is 7.38. The number of nitrogens with two attached hydrogens (primary N) is 1. The van der Waals surface area contributed by atoms with Crippen LogP contribution in [0.5, 0.6) is 0 Å². The lowest BCUT2D eigenvalue weighted by molar-refractivity contribution is 0.697. The van der Waals surface area contributed by atoms with Crippen LogP contribution in [0, 0.1) is 3.57 Å². The largest absolute Gasteiger partial charge is 0.383 e. The summed E-state index contributed by atoms with van der Waals surface area (Å²) in [6.07, 6.45) is 4.94. The molecule has 1 heterocycles. The van der Waals surface area contributed by atoms with E-state index in [9.17, 15) is 0 Å². The number of hydrogen-bond donors (Lipinski definition) is 1. The quantitative estimate of drug-likeness (QED) is 0.854. The number of rotatable bonds is 2. The SMILES string of the molecule is CC1(c2nc(N)c(I)c(C3CC3)n2)CC1. The zero-order valence-corrected chi connectivity index (χ0v) is 10.9. The van der Waals surface area contributed by atoms with Crippen LogP contribution in [0.25, 0.3) is 0 Å². The highest BCUT2D eigenvalue weighted by molar-refractivity contribution is 14.1. The molecular weight excluding hydrogens is 301 g/mol. The highest BCUT2D eigenvalue weighted by Gasteiger charge is 2.43. The minimum atomic E-state index is 0.224. The van der Waals surface area contributed by atoms with E-state index in [1.807, 2.05) is 0 Å². The number of nitrogen functional groups attached to an aromatic ring is 1. The molecule has 2 saturated carbocycles. The number of hydrogen-bond acceptors (Lipinski definition) is 3. The van der Waals surface area contributed by atoms with Crippen molar-refractivity contribution in [3.8, 4) is 0 Å². The molecular formula is C11H14IN3. The predicted octanol–water partition coefficient (Wildman–Crippen LogP) is 2.59. The van der Waals surface area contributed by atoms with E-state index in [1.54, 1.807) is 0 Å². The van der Waals surface area contributed by atoms with Gasteiger partial charge in [-0.15, -0.1) is 0 Å². The van der Waals surface area contributed by atoms with Gasteiger partial charge in [-0.1, -0.05) is 6.92 Å². The van der Waals surface area contributed by atoms with Gasteiger partial charge in [0.15, 0.2) is 0 Å². The topological polar surface area (TPSA) is 51.8 Å². The Kier molecular flexibility index (Phi) is 2.00. The summed E-state index contributed by atoms with van der Waals surface area (Å²) in [6, 6.07) is 0. The van der Waals surface area contributed by atoms with Gasteiger partial charge < -0.3 is 5.73 Å². The van der Waals surface area contributed by atoms with E-state index >= 15 is 0 Å². The van der Waals surface area contributed by atoms with Crippen LogP contribution in [0.3, 0.4) is 0 Å². The van der Waals surface area contributed by atoms with Crippen molar-refractivity contribution >= 4 is 28.4 Å². The van der Waals surface area contributed by atoms with Crippen LogP contribution in [0.15, 0.2) is 0 Å². The van der Waals surface area contributed by atoms with E-state index in [0.29, 0.717) is 11.7 Å². The Morgan fingerprint density at radius 2 is 2.00 bits per heavy atom. The van der Waals surface area contributed by atoms with E-state index < -0.39 is 0 Å². The fourth-order valence-electron chi connectivity index (χ4n) is 1.79. The van der Waals surface area contributed by atoms with Crippen LogP contribution >= 0.6 is 22.6 Å². The Hall–Kier alpha value is -0.390. The molecule has 1 aromatic heterocycles. The van der Waals surface area contributed by atoms with Gasteiger partial charge in [0.05, 0.1) is 9.26 Å². The summed E-state index contributed by atoms with van der Waals surface area (Å²) in [4.78, 5) is 9.17. The Labute approximate surface area is 103 Å². The second-order valence-electron chi connectivity index (χ2n) is 4.97. The van der Waals surface area contributed by atoms with Gasteiger partial charge in [0, 0.05) is 11.3 Å². The molecule has 0 atom stereocenters. The molecule has 2 N–H and O–H groups in total. The molecule has 0 aromatic carbocycles. The predicted molar refractivity (Wildman–Crippen MR) is 67.7 cm³/mol. The van der Waals surface area contributed by atoms with Crippen LogP contribution in [-0.2, 0) is 5.41 Å². The van der Waals surface area contributed by atoms with Crippen LogP contribution in [0.2, 0.25) is 0 Å². The third-order valence-corrected chi connectivity index (χ3v) is 4.51. The molecule has 2 aliphatic rings. The standard InChI is InChI=1S/C11H14IN3/c1-11(4-5-11)10-14-8(6-2-3-6)7(12)9(13)15-10/h6H,2-5H2,1H3,(H2,13,14,15). The van der Waals surface area contributed by atoms with Crippen LogP contribution in [0.1, 0.15) is 50.0 Å². The minimum absolute atomic E-state index is 0.224. The van der Waals surface area contributed by atoms with Crippen molar-refractivity contribution in [3.05, 3.63) is 15.1 Å². The highest BCUT2D eigenvalue weighted by Crippen LogP contribution is 2.48. The van der Waals surface area contributed by atoms with Gasteiger partial charge in [-0.2, -0.15) is 0 Å². The van der Waals surface area contributed by atoms with E-state index in [2.05, 4.69) is 34.5 Å². The molecule has 3 nitrogen and oxygen atoms in total. The monoisotopic (exact) mass is 315 g/mol. The summed E-state index contributed by atoms with van der Waals surface area (Å²) in [7, 11) is 0. The first-order valence-electron chi connectivity index (χ1n) is 5.43. The fourth-order valence-corrected chi connectivity index (χ4v) is 2.47. The van der Waals surface area contributed by atoms with Gasteiger partial charge in [0.25, 0.3) is 0 Å². The van der Waals surface area contributed by atoms with Crippen molar-refractivity contribution in [1.29, 1.82) is 0 Å². The van der Waals surface area contributed by atoms with Crippen molar-refractivity contribution in [3.63, 3.8) is 0 Å². The first kappa shape index (κ1) is 9.81. The Morgan fingerprint density at radius 1 is 1.33 bits per heavy atom. The molecule has 15 heavy (non-hydrogen) atoms. The Bertz CT molecular complexity index is 422. The van der Waals surface area contributed by atoms with Crippen molar-refractivity contribution in [2.75, 3.05) is 5.73 Å². The molecule has 2 aliphatic carbocycles. The molecule has 0 saturated heterocycles. The molecule has 3 rings (SSSR count). The first-order valence-corrected chi connectivity index (χ1v) is 6.51. The van der Waals surface area contributed by atoms with Gasteiger partial charge in [-0.3, -0.25) is 0 Å². The van der Waals surface area contributed by atoms with E-state index in [0.717, 1.165) is 9.39 Å². The molecule has 0 radical (unpaired) electrons.